The van der Waals surface area contributed by atoms with Crippen molar-refractivity contribution >= 4 is 0 Å². The maximum Gasteiger partial charge on any atom is 0.161 e. The van der Waals surface area contributed by atoms with Crippen molar-refractivity contribution in [2.45, 2.75) is 32.8 Å². The summed E-state index contributed by atoms with van der Waals surface area (Å²) in [6.45, 7) is 6.07. The SMILES string of the molecule is CC(C)c1cc2c(cc1CON)OCCCO2. The van der Waals surface area contributed by atoms with Gasteiger partial charge in [0.05, 0.1) is 19.8 Å². The van der Waals surface area contributed by atoms with Gasteiger partial charge < -0.3 is 9.47 Å². The molecule has 0 aromatic heterocycles. The van der Waals surface area contributed by atoms with Crippen LogP contribution in [0.25, 0.3) is 0 Å². The lowest BCUT2D eigenvalue weighted by molar-refractivity contribution is 0.123. The minimum atomic E-state index is 0.393. The molecule has 0 amide bonds. The predicted octanol–water partition coefficient (Wildman–Crippen LogP) is 2.36. The molecule has 17 heavy (non-hydrogen) atoms. The van der Waals surface area contributed by atoms with Crippen LogP contribution in [0.5, 0.6) is 11.5 Å². The average Bonchev–Trinajstić information content (AvgIpc) is 2.52. The molecule has 2 rings (SSSR count). The molecule has 0 bridgehead atoms. The van der Waals surface area contributed by atoms with E-state index in [-0.39, 0.29) is 0 Å². The molecule has 1 aliphatic heterocycles. The van der Waals surface area contributed by atoms with Crippen LogP contribution in [0.3, 0.4) is 0 Å². The highest BCUT2D eigenvalue weighted by Crippen LogP contribution is 2.35. The van der Waals surface area contributed by atoms with Gasteiger partial charge in [0.2, 0.25) is 0 Å². The third-order valence-electron chi connectivity index (χ3n) is 2.87. The highest BCUT2D eigenvalue weighted by Gasteiger charge is 2.16. The molecule has 0 unspecified atom stereocenters. The van der Waals surface area contributed by atoms with Crippen molar-refractivity contribution in [1.29, 1.82) is 0 Å². The first-order valence-corrected chi connectivity index (χ1v) is 5.96. The molecule has 1 aliphatic rings. The molecule has 0 fully saturated rings. The molecule has 1 aromatic rings. The molecule has 0 radical (unpaired) electrons. The molecule has 0 saturated heterocycles. The first kappa shape index (κ1) is 12.2. The highest BCUT2D eigenvalue weighted by molar-refractivity contribution is 5.48. The van der Waals surface area contributed by atoms with Crippen LogP contribution in [-0.4, -0.2) is 13.2 Å². The Morgan fingerprint density at radius 1 is 1.24 bits per heavy atom. The summed E-state index contributed by atoms with van der Waals surface area (Å²) in [5, 5.41) is 0. The normalized spacial score (nSPS) is 14.8. The zero-order chi connectivity index (χ0) is 12.3. The van der Waals surface area contributed by atoms with Gasteiger partial charge in [-0.3, -0.25) is 4.84 Å². The first-order valence-electron chi connectivity index (χ1n) is 5.96. The van der Waals surface area contributed by atoms with Gasteiger partial charge in [-0.05, 0) is 29.2 Å². The molecular formula is C13H19NO3. The molecule has 0 spiro atoms. The third-order valence-corrected chi connectivity index (χ3v) is 2.87. The van der Waals surface area contributed by atoms with Crippen molar-refractivity contribution in [2.75, 3.05) is 13.2 Å². The van der Waals surface area contributed by atoms with Gasteiger partial charge >= 0.3 is 0 Å². The van der Waals surface area contributed by atoms with E-state index >= 15 is 0 Å². The summed E-state index contributed by atoms with van der Waals surface area (Å²) >= 11 is 0. The number of hydrogen-bond donors (Lipinski definition) is 1. The Morgan fingerprint density at radius 2 is 1.88 bits per heavy atom. The second-order valence-electron chi connectivity index (χ2n) is 4.51. The Morgan fingerprint density at radius 3 is 2.47 bits per heavy atom. The number of rotatable bonds is 3. The second kappa shape index (κ2) is 5.38. The predicted molar refractivity (Wildman–Crippen MR) is 65.1 cm³/mol. The van der Waals surface area contributed by atoms with Gasteiger partial charge in [-0.25, -0.2) is 5.90 Å². The van der Waals surface area contributed by atoms with E-state index in [1.54, 1.807) is 0 Å². The van der Waals surface area contributed by atoms with Crippen molar-refractivity contribution in [2.24, 2.45) is 5.90 Å². The number of benzene rings is 1. The van der Waals surface area contributed by atoms with Crippen LogP contribution in [0.2, 0.25) is 0 Å². The summed E-state index contributed by atoms with van der Waals surface area (Å²) in [5.41, 5.74) is 2.26. The van der Waals surface area contributed by atoms with Gasteiger partial charge in [0.15, 0.2) is 11.5 Å². The highest BCUT2D eigenvalue weighted by atomic mass is 16.6. The Balaban J connectivity index is 2.41. The van der Waals surface area contributed by atoms with Crippen LogP contribution >= 0.6 is 0 Å². The van der Waals surface area contributed by atoms with Crippen LogP contribution in [0.15, 0.2) is 12.1 Å². The van der Waals surface area contributed by atoms with Crippen molar-refractivity contribution in [1.82, 2.24) is 0 Å². The lowest BCUT2D eigenvalue weighted by atomic mass is 9.97. The van der Waals surface area contributed by atoms with E-state index in [0.29, 0.717) is 25.7 Å². The minimum absolute atomic E-state index is 0.393. The van der Waals surface area contributed by atoms with Crippen LogP contribution in [0, 0.1) is 0 Å². The van der Waals surface area contributed by atoms with E-state index in [2.05, 4.69) is 13.8 Å². The van der Waals surface area contributed by atoms with Gasteiger partial charge in [0.1, 0.15) is 0 Å². The van der Waals surface area contributed by atoms with Gasteiger partial charge in [-0.15, -0.1) is 0 Å². The van der Waals surface area contributed by atoms with Crippen LogP contribution in [0.1, 0.15) is 37.3 Å². The largest absolute Gasteiger partial charge is 0.490 e. The lowest BCUT2D eigenvalue weighted by Gasteiger charge is -2.16. The smallest absolute Gasteiger partial charge is 0.161 e. The van der Waals surface area contributed by atoms with E-state index in [0.717, 1.165) is 23.5 Å². The quantitative estimate of drug-likeness (QED) is 0.820. The van der Waals surface area contributed by atoms with E-state index in [4.69, 9.17) is 20.2 Å². The Bertz CT molecular complexity index is 390. The summed E-state index contributed by atoms with van der Waals surface area (Å²) in [7, 11) is 0. The van der Waals surface area contributed by atoms with Crippen LogP contribution < -0.4 is 15.4 Å². The molecule has 4 heteroatoms. The Labute approximate surface area is 102 Å². The molecule has 0 saturated carbocycles. The van der Waals surface area contributed by atoms with Crippen molar-refractivity contribution in [3.63, 3.8) is 0 Å². The summed E-state index contributed by atoms with van der Waals surface area (Å²) in [4.78, 5) is 4.74. The fourth-order valence-electron chi connectivity index (χ4n) is 2.02. The summed E-state index contributed by atoms with van der Waals surface area (Å²) in [5.74, 6) is 7.18. The molecule has 0 atom stereocenters. The molecule has 2 N–H and O–H groups in total. The standard InChI is InChI=1S/C13H19NO3/c1-9(2)11-7-13-12(6-10(11)8-17-14)15-4-3-5-16-13/h6-7,9H,3-5,8,14H2,1-2H3. The number of nitrogens with two attached hydrogens (primary N) is 1. The van der Waals surface area contributed by atoms with Crippen molar-refractivity contribution in [3.8, 4) is 11.5 Å². The maximum atomic E-state index is 5.68. The van der Waals surface area contributed by atoms with E-state index in [1.807, 2.05) is 12.1 Å². The Kier molecular flexibility index (Phi) is 3.86. The fourth-order valence-corrected chi connectivity index (χ4v) is 2.02. The van der Waals surface area contributed by atoms with Crippen molar-refractivity contribution < 1.29 is 14.3 Å². The molecule has 1 heterocycles. The summed E-state index contributed by atoms with van der Waals surface area (Å²) < 4.78 is 11.3. The monoisotopic (exact) mass is 237 g/mol. The zero-order valence-corrected chi connectivity index (χ0v) is 10.4. The van der Waals surface area contributed by atoms with E-state index in [9.17, 15) is 0 Å². The molecule has 94 valence electrons. The van der Waals surface area contributed by atoms with Crippen molar-refractivity contribution in [3.05, 3.63) is 23.3 Å². The zero-order valence-electron chi connectivity index (χ0n) is 10.4. The maximum absolute atomic E-state index is 5.68. The average molecular weight is 237 g/mol. The number of hydrogen-bond acceptors (Lipinski definition) is 4. The van der Waals surface area contributed by atoms with Gasteiger partial charge in [-0.2, -0.15) is 0 Å². The summed E-state index contributed by atoms with van der Waals surface area (Å²) in [6.07, 6.45) is 0.911. The fraction of sp³-hybridized carbons (Fsp3) is 0.538. The van der Waals surface area contributed by atoms with Gasteiger partial charge in [0.25, 0.3) is 0 Å². The molecule has 1 aromatic carbocycles. The Hall–Kier alpha value is -1.26. The third kappa shape index (κ3) is 2.70. The number of fused-ring (bicyclic) bond motifs is 1. The number of ether oxygens (including phenoxy) is 2. The molecular weight excluding hydrogens is 218 g/mol. The van der Waals surface area contributed by atoms with E-state index < -0.39 is 0 Å². The first-order chi connectivity index (χ1) is 8.22. The van der Waals surface area contributed by atoms with Gasteiger partial charge in [0, 0.05) is 6.42 Å². The topological polar surface area (TPSA) is 53.7 Å². The lowest BCUT2D eigenvalue weighted by Crippen LogP contribution is -2.05. The molecule has 4 nitrogen and oxygen atoms in total. The van der Waals surface area contributed by atoms with Gasteiger partial charge in [-0.1, -0.05) is 13.8 Å². The molecule has 0 aliphatic carbocycles. The second-order valence-corrected chi connectivity index (χ2v) is 4.51. The summed E-state index contributed by atoms with van der Waals surface area (Å²) in [6, 6.07) is 4.02. The van der Waals surface area contributed by atoms with Crippen LogP contribution in [-0.2, 0) is 11.4 Å². The van der Waals surface area contributed by atoms with Crippen LogP contribution in [0.4, 0.5) is 0 Å². The van der Waals surface area contributed by atoms with E-state index in [1.165, 1.54) is 5.56 Å². The minimum Gasteiger partial charge on any atom is -0.490 e.